The lowest BCUT2D eigenvalue weighted by Gasteiger charge is -2.32. The van der Waals surface area contributed by atoms with Gasteiger partial charge >= 0.3 is 6.03 Å². The molecule has 1 saturated heterocycles. The Labute approximate surface area is 128 Å². The van der Waals surface area contributed by atoms with E-state index in [1.54, 1.807) is 17.0 Å². The van der Waals surface area contributed by atoms with Crippen molar-refractivity contribution in [2.24, 2.45) is 5.73 Å². The van der Waals surface area contributed by atoms with Crippen molar-refractivity contribution in [1.82, 2.24) is 14.8 Å². The van der Waals surface area contributed by atoms with Gasteiger partial charge in [0.25, 0.3) is 0 Å². The number of primary amides is 1. The van der Waals surface area contributed by atoms with Crippen LogP contribution in [-0.2, 0) is 11.3 Å². The van der Waals surface area contributed by atoms with Gasteiger partial charge in [-0.25, -0.2) is 9.78 Å². The van der Waals surface area contributed by atoms with Crippen LogP contribution in [0.2, 0.25) is 0 Å². The number of aromatic nitrogens is 1. The van der Waals surface area contributed by atoms with Crippen LogP contribution in [0, 0.1) is 0 Å². The van der Waals surface area contributed by atoms with Crippen molar-refractivity contribution in [2.75, 3.05) is 38.6 Å². The van der Waals surface area contributed by atoms with Crippen LogP contribution in [0.25, 0.3) is 0 Å². The number of hydrogen-bond donors (Lipinski definition) is 1. The van der Waals surface area contributed by atoms with E-state index >= 15 is 0 Å². The molecule has 0 aromatic carbocycles. The molecule has 8 nitrogen and oxygen atoms in total. The quantitative estimate of drug-likeness (QED) is 0.769. The van der Waals surface area contributed by atoms with E-state index in [2.05, 4.69) is 4.98 Å². The number of urea groups is 1. The van der Waals surface area contributed by atoms with Gasteiger partial charge in [-0.2, -0.15) is 0 Å². The van der Waals surface area contributed by atoms with Gasteiger partial charge in [0.1, 0.15) is 11.5 Å². The van der Waals surface area contributed by atoms with E-state index in [9.17, 15) is 14.4 Å². The fourth-order valence-electron chi connectivity index (χ4n) is 2.23. The van der Waals surface area contributed by atoms with Crippen molar-refractivity contribution in [3.05, 3.63) is 23.4 Å². The summed E-state index contributed by atoms with van der Waals surface area (Å²) >= 11 is 0. The summed E-state index contributed by atoms with van der Waals surface area (Å²) in [7, 11) is 3.37. The standard InChI is InChI=1S/C14H19N5O3/c1-17-5-6-19(13(21)8-17)7-10-3-4-12(16-11(10)9-20)18(2)14(15)22/h3-4,9H,5-8H2,1-2H3,(H2,15,22). The molecule has 22 heavy (non-hydrogen) atoms. The van der Waals surface area contributed by atoms with Crippen LogP contribution in [0.1, 0.15) is 16.1 Å². The molecular weight excluding hydrogens is 286 g/mol. The summed E-state index contributed by atoms with van der Waals surface area (Å²) in [6.07, 6.45) is 0.619. The highest BCUT2D eigenvalue weighted by atomic mass is 16.2. The van der Waals surface area contributed by atoms with E-state index < -0.39 is 6.03 Å². The summed E-state index contributed by atoms with van der Waals surface area (Å²) in [6.45, 7) is 2.09. The summed E-state index contributed by atoms with van der Waals surface area (Å²) in [5.41, 5.74) is 6.03. The molecule has 0 saturated carbocycles. The first-order chi connectivity index (χ1) is 10.4. The Morgan fingerprint density at radius 3 is 2.77 bits per heavy atom. The van der Waals surface area contributed by atoms with Crippen LogP contribution in [-0.4, -0.2) is 66.7 Å². The fraction of sp³-hybridized carbons (Fsp3) is 0.429. The number of aldehydes is 1. The van der Waals surface area contributed by atoms with Gasteiger partial charge < -0.3 is 10.6 Å². The number of carbonyl (C=O) groups is 3. The van der Waals surface area contributed by atoms with E-state index in [0.717, 1.165) is 11.4 Å². The maximum absolute atomic E-state index is 12.0. The first kappa shape index (κ1) is 15.9. The topological polar surface area (TPSA) is 99.8 Å². The molecule has 0 spiro atoms. The zero-order valence-electron chi connectivity index (χ0n) is 12.7. The highest BCUT2D eigenvalue weighted by molar-refractivity contribution is 5.89. The van der Waals surface area contributed by atoms with Gasteiger partial charge in [-0.05, 0) is 13.1 Å². The van der Waals surface area contributed by atoms with Crippen molar-refractivity contribution < 1.29 is 14.4 Å². The summed E-state index contributed by atoms with van der Waals surface area (Å²) in [5.74, 6) is 0.312. The van der Waals surface area contributed by atoms with Crippen LogP contribution < -0.4 is 10.6 Å². The molecular formula is C14H19N5O3. The Hall–Kier alpha value is -2.48. The molecule has 0 bridgehead atoms. The molecule has 1 aromatic rings. The minimum atomic E-state index is -0.661. The van der Waals surface area contributed by atoms with Crippen LogP contribution in [0.5, 0.6) is 0 Å². The Morgan fingerprint density at radius 1 is 1.45 bits per heavy atom. The second-order valence-corrected chi connectivity index (χ2v) is 5.28. The number of anilines is 1. The molecule has 8 heteroatoms. The number of nitrogens with zero attached hydrogens (tertiary/aromatic N) is 4. The maximum Gasteiger partial charge on any atom is 0.320 e. The molecule has 0 radical (unpaired) electrons. The van der Waals surface area contributed by atoms with E-state index in [0.29, 0.717) is 37.3 Å². The third kappa shape index (κ3) is 3.40. The number of amides is 3. The lowest BCUT2D eigenvalue weighted by atomic mass is 10.1. The Bertz CT molecular complexity index is 604. The molecule has 2 N–H and O–H groups in total. The van der Waals surface area contributed by atoms with Crippen molar-refractivity contribution in [1.29, 1.82) is 0 Å². The van der Waals surface area contributed by atoms with Crippen molar-refractivity contribution in [3.8, 4) is 0 Å². The number of nitrogens with two attached hydrogens (primary N) is 1. The second kappa shape index (κ2) is 6.52. The van der Waals surface area contributed by atoms with Gasteiger partial charge in [0, 0.05) is 32.2 Å². The highest BCUT2D eigenvalue weighted by Gasteiger charge is 2.22. The molecule has 1 aliphatic heterocycles. The first-order valence-electron chi connectivity index (χ1n) is 6.87. The summed E-state index contributed by atoms with van der Waals surface area (Å²) in [4.78, 5) is 43.3. The predicted octanol–water partition coefficient (Wildman–Crippen LogP) is -0.317. The molecule has 118 valence electrons. The van der Waals surface area contributed by atoms with Gasteiger partial charge in [0.2, 0.25) is 5.91 Å². The van der Waals surface area contributed by atoms with E-state index in [4.69, 9.17) is 5.73 Å². The van der Waals surface area contributed by atoms with Crippen LogP contribution >= 0.6 is 0 Å². The average molecular weight is 305 g/mol. The molecule has 0 unspecified atom stereocenters. The van der Waals surface area contributed by atoms with E-state index in [1.807, 2.05) is 11.9 Å². The third-order valence-electron chi connectivity index (χ3n) is 3.65. The van der Waals surface area contributed by atoms with Crippen LogP contribution in [0.15, 0.2) is 12.1 Å². The molecule has 0 aliphatic carbocycles. The number of hydrogen-bond acceptors (Lipinski definition) is 5. The largest absolute Gasteiger partial charge is 0.351 e. The number of rotatable bonds is 4. The minimum absolute atomic E-state index is 0.0175. The highest BCUT2D eigenvalue weighted by Crippen LogP contribution is 2.16. The second-order valence-electron chi connectivity index (χ2n) is 5.28. The van der Waals surface area contributed by atoms with E-state index in [1.165, 1.54) is 7.05 Å². The van der Waals surface area contributed by atoms with Gasteiger partial charge in [-0.1, -0.05) is 6.07 Å². The number of pyridine rings is 1. The average Bonchev–Trinajstić information content (AvgIpc) is 2.49. The van der Waals surface area contributed by atoms with Gasteiger partial charge in [-0.15, -0.1) is 0 Å². The van der Waals surface area contributed by atoms with Crippen LogP contribution in [0.3, 0.4) is 0 Å². The van der Waals surface area contributed by atoms with Crippen molar-refractivity contribution in [3.63, 3.8) is 0 Å². The normalized spacial score (nSPS) is 15.7. The SMILES string of the molecule is CN1CCN(Cc2ccc(N(C)C(N)=O)nc2C=O)C(=O)C1. The van der Waals surface area contributed by atoms with Gasteiger partial charge in [-0.3, -0.25) is 19.4 Å². The van der Waals surface area contributed by atoms with Crippen molar-refractivity contribution in [2.45, 2.75) is 6.54 Å². The van der Waals surface area contributed by atoms with Crippen molar-refractivity contribution >= 4 is 24.0 Å². The number of carbonyl (C=O) groups excluding carboxylic acids is 3. The summed E-state index contributed by atoms with van der Waals surface area (Å²) in [5, 5.41) is 0. The zero-order chi connectivity index (χ0) is 16.3. The minimum Gasteiger partial charge on any atom is -0.351 e. The molecule has 2 rings (SSSR count). The lowest BCUT2D eigenvalue weighted by molar-refractivity contribution is -0.136. The zero-order valence-corrected chi connectivity index (χ0v) is 12.7. The molecule has 1 aliphatic rings. The Morgan fingerprint density at radius 2 is 2.18 bits per heavy atom. The fourth-order valence-corrected chi connectivity index (χ4v) is 2.23. The number of piperazine rings is 1. The molecule has 3 amide bonds. The number of likely N-dealkylation sites (N-methyl/N-ethyl adjacent to an activating group) is 1. The molecule has 2 heterocycles. The lowest BCUT2D eigenvalue weighted by Crippen LogP contribution is -2.48. The van der Waals surface area contributed by atoms with E-state index in [-0.39, 0.29) is 11.6 Å². The monoisotopic (exact) mass is 305 g/mol. The maximum atomic E-state index is 12.0. The Balaban J connectivity index is 2.19. The predicted molar refractivity (Wildman–Crippen MR) is 80.5 cm³/mol. The molecule has 0 atom stereocenters. The van der Waals surface area contributed by atoms with Gasteiger partial charge in [0.05, 0.1) is 6.54 Å². The third-order valence-corrected chi connectivity index (χ3v) is 3.65. The smallest absolute Gasteiger partial charge is 0.320 e. The van der Waals surface area contributed by atoms with Gasteiger partial charge in [0.15, 0.2) is 6.29 Å². The van der Waals surface area contributed by atoms with Crippen LogP contribution in [0.4, 0.5) is 10.6 Å². The first-order valence-corrected chi connectivity index (χ1v) is 6.87. The summed E-state index contributed by atoms with van der Waals surface area (Å²) in [6, 6.07) is 2.64. The summed E-state index contributed by atoms with van der Waals surface area (Å²) < 4.78 is 0. The Kier molecular flexibility index (Phi) is 4.71. The molecule has 1 fully saturated rings. The molecule has 1 aromatic heterocycles.